The minimum atomic E-state index is -0.350. The highest BCUT2D eigenvalue weighted by molar-refractivity contribution is 7.96. The molecule has 6 heteroatoms. The summed E-state index contributed by atoms with van der Waals surface area (Å²) < 4.78 is 2.19. The first-order valence-corrected chi connectivity index (χ1v) is 5.73. The lowest BCUT2D eigenvalue weighted by atomic mass is 10.3. The van der Waals surface area contributed by atoms with Crippen molar-refractivity contribution >= 4 is 50.9 Å². The Kier molecular flexibility index (Phi) is 2.86. The van der Waals surface area contributed by atoms with E-state index < -0.39 is 0 Å². The Morgan fingerprint density at radius 2 is 2.27 bits per heavy atom. The predicted molar refractivity (Wildman–Crippen MR) is 65.1 cm³/mol. The molecule has 3 nitrogen and oxygen atoms in total. The molecule has 1 heterocycles. The number of thiazole rings is 1. The molecule has 0 saturated carbocycles. The average molecular weight is 260 g/mol. The smallest absolute Gasteiger partial charge is 0.290 e. The van der Waals surface area contributed by atoms with Crippen molar-refractivity contribution in [1.82, 2.24) is 4.57 Å². The van der Waals surface area contributed by atoms with Crippen LogP contribution in [0.3, 0.4) is 0 Å². The maximum atomic E-state index is 11.5. The summed E-state index contributed by atoms with van der Waals surface area (Å²) >= 11 is 10.6. The maximum absolute atomic E-state index is 11.5. The standard InChI is InChI=1S/C9H6ClNO2S2/c10-5-1-2-7-6(3-5)11(4-8(12)14)9(13)15-7/h1-3H,4H2,(H,12,14). The van der Waals surface area contributed by atoms with Gasteiger partial charge >= 0.3 is 4.87 Å². The number of aromatic nitrogens is 1. The fourth-order valence-electron chi connectivity index (χ4n) is 1.32. The van der Waals surface area contributed by atoms with Crippen molar-refractivity contribution in [3.63, 3.8) is 0 Å². The van der Waals surface area contributed by atoms with Crippen LogP contribution in [0.4, 0.5) is 0 Å². The van der Waals surface area contributed by atoms with Crippen LogP contribution in [-0.2, 0) is 11.3 Å². The minimum absolute atomic E-state index is 0.0255. The maximum Gasteiger partial charge on any atom is 0.308 e. The first-order chi connectivity index (χ1) is 7.08. The molecule has 15 heavy (non-hydrogen) atoms. The third kappa shape index (κ3) is 2.09. The first kappa shape index (κ1) is 10.7. The third-order valence-electron chi connectivity index (χ3n) is 1.92. The summed E-state index contributed by atoms with van der Waals surface area (Å²) in [5.74, 6) is 0. The Balaban J connectivity index is 2.70. The molecule has 2 aromatic rings. The summed E-state index contributed by atoms with van der Waals surface area (Å²) in [4.78, 5) is 22.2. The van der Waals surface area contributed by atoms with Crippen LogP contribution < -0.4 is 4.87 Å². The van der Waals surface area contributed by atoms with Crippen LogP contribution in [0.25, 0.3) is 10.2 Å². The van der Waals surface area contributed by atoms with E-state index in [2.05, 4.69) is 12.6 Å². The molecule has 0 bridgehead atoms. The SMILES string of the molecule is O=C(S)Cn1c(=O)sc2ccc(Cl)cc21. The van der Waals surface area contributed by atoms with Gasteiger partial charge in [0, 0.05) is 5.02 Å². The molecule has 2 rings (SSSR count). The van der Waals surface area contributed by atoms with Crippen molar-refractivity contribution in [3.8, 4) is 0 Å². The highest BCUT2D eigenvalue weighted by Gasteiger charge is 2.09. The Bertz CT molecular complexity index is 587. The topological polar surface area (TPSA) is 39.1 Å². The van der Waals surface area contributed by atoms with E-state index in [0.717, 1.165) is 16.0 Å². The summed E-state index contributed by atoms with van der Waals surface area (Å²) in [7, 11) is 0. The lowest BCUT2D eigenvalue weighted by molar-refractivity contribution is -0.111. The predicted octanol–water partition coefficient (Wildman–Crippen LogP) is 2.17. The van der Waals surface area contributed by atoms with Gasteiger partial charge in [-0.2, -0.15) is 0 Å². The monoisotopic (exact) mass is 259 g/mol. The molecule has 0 unspecified atom stereocenters. The van der Waals surface area contributed by atoms with Gasteiger partial charge in [0.25, 0.3) is 0 Å². The van der Waals surface area contributed by atoms with Crippen LogP contribution in [0.2, 0.25) is 5.02 Å². The van der Waals surface area contributed by atoms with Gasteiger partial charge in [-0.25, -0.2) is 0 Å². The van der Waals surface area contributed by atoms with Crippen molar-refractivity contribution in [2.24, 2.45) is 0 Å². The fourth-order valence-corrected chi connectivity index (χ4v) is 2.50. The molecule has 0 radical (unpaired) electrons. The Hall–Kier alpha value is -0.780. The van der Waals surface area contributed by atoms with E-state index in [9.17, 15) is 9.59 Å². The second-order valence-electron chi connectivity index (χ2n) is 2.96. The van der Waals surface area contributed by atoms with E-state index >= 15 is 0 Å². The average Bonchev–Trinajstić information content (AvgIpc) is 2.43. The van der Waals surface area contributed by atoms with E-state index in [1.165, 1.54) is 4.57 Å². The molecule has 1 aromatic carbocycles. The summed E-state index contributed by atoms with van der Waals surface area (Å²) in [6.45, 7) is -0.0255. The van der Waals surface area contributed by atoms with E-state index in [0.29, 0.717) is 10.5 Å². The molecule has 0 saturated heterocycles. The van der Waals surface area contributed by atoms with Crippen LogP contribution in [0.1, 0.15) is 0 Å². The molecule has 78 valence electrons. The third-order valence-corrected chi connectivity index (χ3v) is 3.26. The largest absolute Gasteiger partial charge is 0.308 e. The van der Waals surface area contributed by atoms with E-state index in [1.807, 2.05) is 0 Å². The van der Waals surface area contributed by atoms with Gasteiger partial charge < -0.3 is 0 Å². The molecular formula is C9H6ClNO2S2. The Morgan fingerprint density at radius 3 is 2.93 bits per heavy atom. The summed E-state index contributed by atoms with van der Waals surface area (Å²) in [6, 6.07) is 5.15. The number of halogens is 1. The highest BCUT2D eigenvalue weighted by atomic mass is 35.5. The first-order valence-electron chi connectivity index (χ1n) is 4.08. The second kappa shape index (κ2) is 4.00. The van der Waals surface area contributed by atoms with E-state index in [1.54, 1.807) is 18.2 Å². The van der Waals surface area contributed by atoms with Crippen molar-refractivity contribution in [1.29, 1.82) is 0 Å². The molecule has 0 N–H and O–H groups in total. The normalized spacial score (nSPS) is 10.8. The summed E-state index contributed by atoms with van der Waals surface area (Å²) in [6.07, 6.45) is 0. The number of benzene rings is 1. The van der Waals surface area contributed by atoms with Crippen LogP contribution in [0.15, 0.2) is 23.0 Å². The van der Waals surface area contributed by atoms with Gasteiger partial charge in [-0.3, -0.25) is 14.2 Å². The lowest BCUT2D eigenvalue weighted by Crippen LogP contribution is -2.16. The van der Waals surface area contributed by atoms with Crippen LogP contribution in [0.5, 0.6) is 0 Å². The molecular weight excluding hydrogens is 254 g/mol. The van der Waals surface area contributed by atoms with Gasteiger partial charge in [0.05, 0.1) is 16.8 Å². The molecule has 1 aromatic heterocycles. The number of hydrogen-bond donors (Lipinski definition) is 1. The van der Waals surface area contributed by atoms with Crippen LogP contribution >= 0.6 is 35.6 Å². The van der Waals surface area contributed by atoms with E-state index in [4.69, 9.17) is 11.6 Å². The number of nitrogens with zero attached hydrogens (tertiary/aromatic N) is 1. The van der Waals surface area contributed by atoms with E-state index in [-0.39, 0.29) is 16.5 Å². The number of hydrogen-bond acceptors (Lipinski definition) is 3. The van der Waals surface area contributed by atoms with Crippen LogP contribution in [-0.4, -0.2) is 9.68 Å². The fraction of sp³-hybridized carbons (Fsp3) is 0.111. The molecule has 0 amide bonds. The molecule has 0 aliphatic carbocycles. The van der Waals surface area contributed by atoms with Gasteiger partial charge in [0.15, 0.2) is 0 Å². The number of fused-ring (bicyclic) bond motifs is 1. The van der Waals surface area contributed by atoms with Gasteiger partial charge in [0.2, 0.25) is 5.12 Å². The molecule has 0 spiro atoms. The minimum Gasteiger partial charge on any atom is -0.290 e. The number of carbonyl (C=O) groups excluding carboxylic acids is 1. The molecule has 0 aliphatic rings. The van der Waals surface area contributed by atoms with Gasteiger partial charge in [-0.15, -0.1) is 12.6 Å². The number of thiol groups is 1. The van der Waals surface area contributed by atoms with Gasteiger partial charge in [-0.1, -0.05) is 22.9 Å². The summed E-state index contributed by atoms with van der Waals surface area (Å²) in [5, 5.41) is 0.192. The molecule has 0 aliphatic heterocycles. The molecule has 0 atom stereocenters. The van der Waals surface area contributed by atoms with Gasteiger partial charge in [-0.05, 0) is 18.2 Å². The van der Waals surface area contributed by atoms with Crippen molar-refractivity contribution in [2.75, 3.05) is 0 Å². The van der Waals surface area contributed by atoms with Crippen LogP contribution in [0, 0.1) is 0 Å². The van der Waals surface area contributed by atoms with Crippen molar-refractivity contribution < 1.29 is 4.79 Å². The Labute approximate surface area is 99.7 Å². The second-order valence-corrected chi connectivity index (χ2v) is 4.89. The van der Waals surface area contributed by atoms with Crippen molar-refractivity contribution in [3.05, 3.63) is 32.9 Å². The number of rotatable bonds is 2. The highest BCUT2D eigenvalue weighted by Crippen LogP contribution is 2.21. The lowest BCUT2D eigenvalue weighted by Gasteiger charge is -1.99. The number of carbonyl (C=O) groups is 1. The van der Waals surface area contributed by atoms with Gasteiger partial charge in [0.1, 0.15) is 0 Å². The Morgan fingerprint density at radius 1 is 1.53 bits per heavy atom. The molecule has 0 fully saturated rings. The zero-order valence-corrected chi connectivity index (χ0v) is 9.90. The van der Waals surface area contributed by atoms with Crippen molar-refractivity contribution in [2.45, 2.75) is 6.54 Å². The quantitative estimate of drug-likeness (QED) is 0.840. The summed E-state index contributed by atoms with van der Waals surface area (Å²) in [5.41, 5.74) is 0.680. The zero-order chi connectivity index (χ0) is 11.0. The zero-order valence-electron chi connectivity index (χ0n) is 7.44.